The summed E-state index contributed by atoms with van der Waals surface area (Å²) in [5, 5.41) is 9.95. The minimum Gasteiger partial charge on any atom is -0.507 e. The third-order valence-corrected chi connectivity index (χ3v) is 4.24. The largest absolute Gasteiger partial charge is 0.507 e. The molecule has 0 radical (unpaired) electrons. The van der Waals surface area contributed by atoms with Crippen LogP contribution in [0.25, 0.3) is 0 Å². The molecule has 0 aromatic heterocycles. The average Bonchev–Trinajstić information content (AvgIpc) is 2.97. The number of carbonyl (C=O) groups is 2. The van der Waals surface area contributed by atoms with Crippen molar-refractivity contribution >= 4 is 27.8 Å². The zero-order valence-corrected chi connectivity index (χ0v) is 13.4. The Kier molecular flexibility index (Phi) is 5.22. The van der Waals surface area contributed by atoms with E-state index in [1.165, 1.54) is 18.1 Å². The molecule has 0 spiro atoms. The molecule has 0 unspecified atom stereocenters. The van der Waals surface area contributed by atoms with Gasteiger partial charge in [0.2, 0.25) is 0 Å². The molecule has 0 bridgehead atoms. The van der Waals surface area contributed by atoms with Gasteiger partial charge in [-0.25, -0.2) is 0 Å². The summed E-state index contributed by atoms with van der Waals surface area (Å²) in [6, 6.07) is 4.75. The molecule has 1 amide bonds. The standard InChI is InChI=1S/C15H18BrNO4/c1-21-14(19)9-17(11-4-2-3-5-11)15(20)12-7-6-10(16)8-13(12)18/h6-8,11,18H,2-5,9H2,1H3. The first kappa shape index (κ1) is 15.8. The highest BCUT2D eigenvalue weighted by molar-refractivity contribution is 9.10. The van der Waals surface area contributed by atoms with Gasteiger partial charge in [0, 0.05) is 10.5 Å². The molecule has 1 fully saturated rings. The van der Waals surface area contributed by atoms with E-state index in [1.807, 2.05) is 0 Å². The van der Waals surface area contributed by atoms with Crippen molar-refractivity contribution < 1.29 is 19.4 Å². The minimum atomic E-state index is -0.452. The molecule has 0 saturated heterocycles. The van der Waals surface area contributed by atoms with E-state index >= 15 is 0 Å². The van der Waals surface area contributed by atoms with Gasteiger partial charge in [0.1, 0.15) is 12.3 Å². The molecule has 1 saturated carbocycles. The number of methoxy groups -OCH3 is 1. The number of aromatic hydroxyl groups is 1. The van der Waals surface area contributed by atoms with Crippen molar-refractivity contribution in [2.24, 2.45) is 0 Å². The number of hydrogen-bond donors (Lipinski definition) is 1. The smallest absolute Gasteiger partial charge is 0.325 e. The number of esters is 1. The van der Waals surface area contributed by atoms with Crippen LogP contribution in [0, 0.1) is 0 Å². The van der Waals surface area contributed by atoms with Crippen molar-refractivity contribution in [1.29, 1.82) is 0 Å². The average molecular weight is 356 g/mol. The summed E-state index contributed by atoms with van der Waals surface area (Å²) in [5.41, 5.74) is 0.203. The fourth-order valence-electron chi connectivity index (χ4n) is 2.63. The molecule has 0 aliphatic heterocycles. The van der Waals surface area contributed by atoms with Crippen LogP contribution in [-0.4, -0.2) is 41.6 Å². The summed E-state index contributed by atoms with van der Waals surface area (Å²) in [7, 11) is 1.30. The van der Waals surface area contributed by atoms with Crippen LogP contribution in [-0.2, 0) is 9.53 Å². The molecule has 1 aliphatic rings. The van der Waals surface area contributed by atoms with Gasteiger partial charge in [0.25, 0.3) is 5.91 Å². The van der Waals surface area contributed by atoms with E-state index in [-0.39, 0.29) is 29.8 Å². The molecule has 1 aliphatic carbocycles. The van der Waals surface area contributed by atoms with Crippen LogP contribution < -0.4 is 0 Å². The Bertz CT molecular complexity index is 540. The van der Waals surface area contributed by atoms with Gasteiger partial charge < -0.3 is 14.7 Å². The van der Waals surface area contributed by atoms with Gasteiger partial charge in [0.15, 0.2) is 0 Å². The molecule has 5 nitrogen and oxygen atoms in total. The van der Waals surface area contributed by atoms with E-state index in [4.69, 9.17) is 0 Å². The normalized spacial score (nSPS) is 15.0. The van der Waals surface area contributed by atoms with Crippen molar-refractivity contribution in [3.63, 3.8) is 0 Å². The predicted molar refractivity (Wildman–Crippen MR) is 81.1 cm³/mol. The van der Waals surface area contributed by atoms with E-state index in [0.717, 1.165) is 25.7 Å². The SMILES string of the molecule is COC(=O)CN(C(=O)c1ccc(Br)cc1O)C1CCCC1. The summed E-state index contributed by atoms with van der Waals surface area (Å²) in [6.07, 6.45) is 3.84. The van der Waals surface area contributed by atoms with Crippen molar-refractivity contribution in [1.82, 2.24) is 4.90 Å². The van der Waals surface area contributed by atoms with Crippen molar-refractivity contribution in [3.8, 4) is 5.75 Å². The monoisotopic (exact) mass is 355 g/mol. The quantitative estimate of drug-likeness (QED) is 0.843. The van der Waals surface area contributed by atoms with E-state index in [9.17, 15) is 14.7 Å². The molecular weight excluding hydrogens is 338 g/mol. The van der Waals surface area contributed by atoms with Crippen LogP contribution >= 0.6 is 15.9 Å². The second-order valence-corrected chi connectivity index (χ2v) is 6.02. The molecule has 1 N–H and O–H groups in total. The second kappa shape index (κ2) is 6.93. The fraction of sp³-hybridized carbons (Fsp3) is 0.467. The highest BCUT2D eigenvalue weighted by Gasteiger charge is 2.30. The molecule has 0 heterocycles. The maximum Gasteiger partial charge on any atom is 0.325 e. The number of carbonyl (C=O) groups excluding carboxylic acids is 2. The summed E-state index contributed by atoms with van der Waals surface area (Å²) >= 11 is 3.24. The first-order valence-corrected chi connectivity index (χ1v) is 7.68. The number of ether oxygens (including phenoxy) is 1. The predicted octanol–water partition coefficient (Wildman–Crippen LogP) is 2.71. The summed E-state index contributed by atoms with van der Waals surface area (Å²) < 4.78 is 5.36. The first-order chi connectivity index (χ1) is 10.0. The lowest BCUT2D eigenvalue weighted by atomic mass is 10.1. The number of amides is 1. The fourth-order valence-corrected chi connectivity index (χ4v) is 2.98. The number of phenolic OH excluding ortho intramolecular Hbond substituents is 1. The Labute approximate surface area is 132 Å². The molecule has 114 valence electrons. The summed E-state index contributed by atoms with van der Waals surface area (Å²) in [5.74, 6) is -0.883. The van der Waals surface area contributed by atoms with Crippen molar-refractivity contribution in [2.45, 2.75) is 31.7 Å². The lowest BCUT2D eigenvalue weighted by Crippen LogP contribution is -2.42. The van der Waals surface area contributed by atoms with Gasteiger partial charge in [0.05, 0.1) is 12.7 Å². The van der Waals surface area contributed by atoms with Crippen LogP contribution in [0.2, 0.25) is 0 Å². The van der Waals surface area contributed by atoms with Crippen LogP contribution in [0.15, 0.2) is 22.7 Å². The molecule has 1 aromatic rings. The molecule has 1 aromatic carbocycles. The molecular formula is C15H18BrNO4. The maximum atomic E-state index is 12.7. The summed E-state index contributed by atoms with van der Waals surface area (Å²) in [6.45, 7) is -0.0878. The number of hydrogen-bond acceptors (Lipinski definition) is 4. The summed E-state index contributed by atoms with van der Waals surface area (Å²) in [4.78, 5) is 25.7. The Morgan fingerprint density at radius 2 is 2.05 bits per heavy atom. The molecule has 21 heavy (non-hydrogen) atoms. The van der Waals surface area contributed by atoms with Crippen LogP contribution in [0.3, 0.4) is 0 Å². The van der Waals surface area contributed by atoms with Gasteiger partial charge in [-0.2, -0.15) is 0 Å². The molecule has 6 heteroatoms. The van der Waals surface area contributed by atoms with Crippen LogP contribution in [0.4, 0.5) is 0 Å². The molecule has 0 atom stereocenters. The topological polar surface area (TPSA) is 66.8 Å². The number of nitrogens with zero attached hydrogens (tertiary/aromatic N) is 1. The zero-order valence-electron chi connectivity index (χ0n) is 11.8. The van der Waals surface area contributed by atoms with Gasteiger partial charge in [-0.3, -0.25) is 9.59 Å². The van der Waals surface area contributed by atoms with Gasteiger partial charge in [-0.15, -0.1) is 0 Å². The number of rotatable bonds is 4. The highest BCUT2D eigenvalue weighted by Crippen LogP contribution is 2.28. The van der Waals surface area contributed by atoms with Crippen molar-refractivity contribution in [2.75, 3.05) is 13.7 Å². The Balaban J connectivity index is 2.26. The van der Waals surface area contributed by atoms with Crippen LogP contribution in [0.1, 0.15) is 36.0 Å². The van der Waals surface area contributed by atoms with E-state index in [1.54, 1.807) is 12.1 Å². The van der Waals surface area contributed by atoms with Crippen molar-refractivity contribution in [3.05, 3.63) is 28.2 Å². The Hall–Kier alpha value is -1.56. The molecule has 2 rings (SSSR count). The maximum absolute atomic E-state index is 12.7. The lowest BCUT2D eigenvalue weighted by molar-refractivity contribution is -0.141. The van der Waals surface area contributed by atoms with Gasteiger partial charge >= 0.3 is 5.97 Å². The zero-order chi connectivity index (χ0) is 15.4. The van der Waals surface area contributed by atoms with Gasteiger partial charge in [-0.05, 0) is 31.0 Å². The number of phenols is 1. The van der Waals surface area contributed by atoms with E-state index in [0.29, 0.717) is 4.47 Å². The third kappa shape index (κ3) is 3.75. The van der Waals surface area contributed by atoms with E-state index < -0.39 is 5.97 Å². The number of halogens is 1. The van der Waals surface area contributed by atoms with Crippen LogP contribution in [0.5, 0.6) is 5.75 Å². The highest BCUT2D eigenvalue weighted by atomic mass is 79.9. The third-order valence-electron chi connectivity index (χ3n) is 3.74. The van der Waals surface area contributed by atoms with Gasteiger partial charge in [-0.1, -0.05) is 28.8 Å². The minimum absolute atomic E-state index is 0.0275. The van der Waals surface area contributed by atoms with E-state index in [2.05, 4.69) is 20.7 Å². The second-order valence-electron chi connectivity index (χ2n) is 5.11. The lowest BCUT2D eigenvalue weighted by Gasteiger charge is -2.28. The Morgan fingerprint density at radius 3 is 2.62 bits per heavy atom. The first-order valence-electron chi connectivity index (χ1n) is 6.89. The Morgan fingerprint density at radius 1 is 1.38 bits per heavy atom. The number of benzene rings is 1.